The number of nitrogens with zero attached hydrogens (tertiary/aromatic N) is 2. The van der Waals surface area contributed by atoms with Gasteiger partial charge in [-0.25, -0.2) is 0 Å². The number of aryl methyl sites for hydroxylation is 2. The highest BCUT2D eigenvalue weighted by Crippen LogP contribution is 2.01. The lowest BCUT2D eigenvalue weighted by Gasteiger charge is -1.90. The number of nitrogen functional groups attached to an aromatic ring is 1. The molecular weight excluding hydrogens is 128 g/mol. The highest BCUT2D eigenvalue weighted by Gasteiger charge is 2.04. The fraction of sp³-hybridized carbons (Fsp3) is 0.333. The first-order valence-electron chi connectivity index (χ1n) is 2.96. The Kier molecular flexibility index (Phi) is 1.45. The highest BCUT2D eigenvalue weighted by atomic mass is 15.3. The van der Waals surface area contributed by atoms with Gasteiger partial charge < -0.3 is 5.73 Å². The molecule has 0 radical (unpaired) electrons. The van der Waals surface area contributed by atoms with E-state index in [1.54, 1.807) is 11.7 Å². The molecule has 0 spiro atoms. The summed E-state index contributed by atoms with van der Waals surface area (Å²) in [6, 6.07) is 0. The maximum absolute atomic E-state index is 7.09. The van der Waals surface area contributed by atoms with Crippen molar-refractivity contribution in [2.45, 2.75) is 6.92 Å². The van der Waals surface area contributed by atoms with Crippen molar-refractivity contribution in [2.75, 3.05) is 0 Å². The third-order valence-electron chi connectivity index (χ3n) is 1.27. The number of amidine groups is 1. The summed E-state index contributed by atoms with van der Waals surface area (Å²) in [7, 11) is 1.80. The normalized spacial score (nSPS) is 9.80. The molecule has 0 aromatic carbocycles. The molecule has 0 saturated carbocycles. The highest BCUT2D eigenvalue weighted by molar-refractivity contribution is 5.94. The lowest BCUT2D eigenvalue weighted by molar-refractivity contribution is 0.763. The van der Waals surface area contributed by atoms with Crippen molar-refractivity contribution >= 4 is 5.84 Å². The monoisotopic (exact) mass is 138 g/mol. The van der Waals surface area contributed by atoms with Crippen LogP contribution in [0.5, 0.6) is 0 Å². The van der Waals surface area contributed by atoms with E-state index >= 15 is 0 Å². The van der Waals surface area contributed by atoms with Crippen molar-refractivity contribution in [1.82, 2.24) is 9.78 Å². The van der Waals surface area contributed by atoms with Crippen LogP contribution in [-0.4, -0.2) is 15.6 Å². The number of nitrogens with two attached hydrogens (primary N) is 1. The van der Waals surface area contributed by atoms with Crippen LogP contribution in [0.15, 0.2) is 6.20 Å². The quantitative estimate of drug-likeness (QED) is 0.424. The maximum Gasteiger partial charge on any atom is 0.143 e. The maximum atomic E-state index is 7.09. The van der Waals surface area contributed by atoms with Crippen LogP contribution in [0.25, 0.3) is 0 Å². The van der Waals surface area contributed by atoms with Gasteiger partial charge in [0.25, 0.3) is 0 Å². The van der Waals surface area contributed by atoms with Crippen molar-refractivity contribution in [2.24, 2.45) is 12.8 Å². The number of rotatable bonds is 1. The predicted molar refractivity (Wildman–Crippen MR) is 39.0 cm³/mol. The summed E-state index contributed by atoms with van der Waals surface area (Å²) >= 11 is 0. The van der Waals surface area contributed by atoms with Gasteiger partial charge in [-0.05, 0) is 12.5 Å². The molecule has 54 valence electrons. The first kappa shape index (κ1) is 6.80. The molecule has 4 nitrogen and oxygen atoms in total. The summed E-state index contributed by atoms with van der Waals surface area (Å²) < 4.78 is 1.64. The summed E-state index contributed by atoms with van der Waals surface area (Å²) in [5.41, 5.74) is 6.75. The second-order valence-corrected chi connectivity index (χ2v) is 2.25. The standard InChI is InChI=1S/C6H10N4/c1-4-3-10(2)9-5(4)6(7)8/h3H,1-2H3,(H3,7,8). The van der Waals surface area contributed by atoms with Gasteiger partial charge in [-0.15, -0.1) is 0 Å². The fourth-order valence-electron chi connectivity index (χ4n) is 0.873. The van der Waals surface area contributed by atoms with Gasteiger partial charge >= 0.3 is 0 Å². The Morgan fingerprint density at radius 2 is 2.40 bits per heavy atom. The summed E-state index contributed by atoms with van der Waals surface area (Å²) in [5, 5.41) is 11.1. The van der Waals surface area contributed by atoms with Gasteiger partial charge in [0.15, 0.2) is 0 Å². The molecule has 0 atom stereocenters. The zero-order valence-corrected chi connectivity index (χ0v) is 6.05. The van der Waals surface area contributed by atoms with E-state index in [0.717, 1.165) is 5.56 Å². The van der Waals surface area contributed by atoms with Gasteiger partial charge in [0.2, 0.25) is 0 Å². The lowest BCUT2D eigenvalue weighted by atomic mass is 10.3. The number of nitrogens with one attached hydrogen (secondary N) is 1. The average molecular weight is 138 g/mol. The van der Waals surface area contributed by atoms with Crippen LogP contribution in [0.1, 0.15) is 11.3 Å². The van der Waals surface area contributed by atoms with Crippen molar-refractivity contribution in [3.05, 3.63) is 17.5 Å². The molecule has 0 saturated heterocycles. The third-order valence-corrected chi connectivity index (χ3v) is 1.27. The van der Waals surface area contributed by atoms with Crippen molar-refractivity contribution in [1.29, 1.82) is 5.41 Å². The van der Waals surface area contributed by atoms with Gasteiger partial charge in [0.05, 0.1) is 0 Å². The van der Waals surface area contributed by atoms with E-state index in [2.05, 4.69) is 5.10 Å². The summed E-state index contributed by atoms with van der Waals surface area (Å²) in [4.78, 5) is 0. The van der Waals surface area contributed by atoms with E-state index in [1.165, 1.54) is 0 Å². The number of hydrogen-bond acceptors (Lipinski definition) is 2. The Morgan fingerprint density at radius 1 is 1.80 bits per heavy atom. The second kappa shape index (κ2) is 2.13. The molecular formula is C6H10N4. The van der Waals surface area contributed by atoms with Gasteiger partial charge in [0, 0.05) is 13.2 Å². The Morgan fingerprint density at radius 3 is 2.60 bits per heavy atom. The molecule has 10 heavy (non-hydrogen) atoms. The number of hydrogen-bond donors (Lipinski definition) is 2. The van der Waals surface area contributed by atoms with Gasteiger partial charge in [0.1, 0.15) is 11.5 Å². The van der Waals surface area contributed by atoms with Crippen LogP contribution >= 0.6 is 0 Å². The molecule has 4 heteroatoms. The van der Waals surface area contributed by atoms with Crippen LogP contribution in [0, 0.1) is 12.3 Å². The lowest BCUT2D eigenvalue weighted by Crippen LogP contribution is -2.13. The second-order valence-electron chi connectivity index (χ2n) is 2.25. The van der Waals surface area contributed by atoms with Crippen LogP contribution in [0.4, 0.5) is 0 Å². The summed E-state index contributed by atoms with van der Waals surface area (Å²) in [6.45, 7) is 1.88. The Balaban J connectivity index is 3.15. The first-order chi connectivity index (χ1) is 4.61. The molecule has 0 bridgehead atoms. The van der Waals surface area contributed by atoms with Crippen molar-refractivity contribution < 1.29 is 0 Å². The molecule has 0 aliphatic carbocycles. The van der Waals surface area contributed by atoms with Crippen LogP contribution in [0.3, 0.4) is 0 Å². The van der Waals surface area contributed by atoms with Crippen LogP contribution in [0.2, 0.25) is 0 Å². The molecule has 1 aromatic rings. The summed E-state index contributed by atoms with van der Waals surface area (Å²) in [6.07, 6.45) is 1.83. The Labute approximate surface area is 59.2 Å². The minimum Gasteiger partial charge on any atom is -0.382 e. The minimum atomic E-state index is 0.0260. The third kappa shape index (κ3) is 1.00. The fourth-order valence-corrected chi connectivity index (χ4v) is 0.873. The Hall–Kier alpha value is -1.32. The van der Waals surface area contributed by atoms with Crippen molar-refractivity contribution in [3.63, 3.8) is 0 Å². The van der Waals surface area contributed by atoms with E-state index < -0.39 is 0 Å². The van der Waals surface area contributed by atoms with Crippen molar-refractivity contribution in [3.8, 4) is 0 Å². The molecule has 0 amide bonds. The molecule has 1 heterocycles. The zero-order valence-electron chi connectivity index (χ0n) is 6.05. The van der Waals surface area contributed by atoms with E-state index in [0.29, 0.717) is 5.69 Å². The molecule has 1 aromatic heterocycles. The van der Waals surface area contributed by atoms with E-state index in [1.807, 2.05) is 13.1 Å². The minimum absolute atomic E-state index is 0.0260. The first-order valence-corrected chi connectivity index (χ1v) is 2.96. The summed E-state index contributed by atoms with van der Waals surface area (Å²) in [5.74, 6) is 0.0260. The molecule has 1 rings (SSSR count). The molecule has 0 aliphatic heterocycles. The topological polar surface area (TPSA) is 67.7 Å². The van der Waals surface area contributed by atoms with Gasteiger partial charge in [-0.2, -0.15) is 5.10 Å². The largest absolute Gasteiger partial charge is 0.382 e. The zero-order chi connectivity index (χ0) is 7.72. The van der Waals surface area contributed by atoms with E-state index in [4.69, 9.17) is 11.1 Å². The van der Waals surface area contributed by atoms with Gasteiger partial charge in [-0.1, -0.05) is 0 Å². The molecule has 0 unspecified atom stereocenters. The Bertz CT molecular complexity index is 261. The SMILES string of the molecule is Cc1cn(C)nc1C(=N)N. The predicted octanol–water partition coefficient (Wildman–Crippen LogP) is 0.0126. The molecule has 0 aliphatic rings. The average Bonchev–Trinajstić information content (AvgIpc) is 2.10. The molecule has 0 fully saturated rings. The van der Waals surface area contributed by atoms with Gasteiger partial charge in [-0.3, -0.25) is 10.1 Å². The number of aromatic nitrogens is 2. The van der Waals surface area contributed by atoms with E-state index in [9.17, 15) is 0 Å². The van der Waals surface area contributed by atoms with Crippen LogP contribution in [-0.2, 0) is 7.05 Å². The van der Waals surface area contributed by atoms with Crippen LogP contribution < -0.4 is 5.73 Å². The smallest absolute Gasteiger partial charge is 0.143 e. The molecule has 3 N–H and O–H groups in total. The van der Waals surface area contributed by atoms with E-state index in [-0.39, 0.29) is 5.84 Å².